The van der Waals surface area contributed by atoms with Crippen molar-refractivity contribution in [3.8, 4) is 0 Å². The average Bonchev–Trinajstić information content (AvgIpc) is 1.99. The number of hydrogen-bond donors (Lipinski definition) is 0. The van der Waals surface area contributed by atoms with Crippen LogP contribution in [0.15, 0.2) is 0 Å². The maximum absolute atomic E-state index is 5.22. The SMILES string of the molecule is BCOCSSC(C)(C)CB. The number of rotatable bonds is 6. The third-order valence-corrected chi connectivity index (χ3v) is 4.59. The Morgan fingerprint density at radius 2 is 2.00 bits per heavy atom. The lowest BCUT2D eigenvalue weighted by Gasteiger charge is -2.20. The lowest BCUT2D eigenvalue weighted by atomic mass is 9.94. The molecule has 0 unspecified atom stereocenters. The molecule has 1 nitrogen and oxygen atoms in total. The van der Waals surface area contributed by atoms with E-state index in [1.807, 2.05) is 18.6 Å². The molecular weight excluding hydrogens is 174 g/mol. The average molecular weight is 190 g/mol. The highest BCUT2D eigenvalue weighted by molar-refractivity contribution is 8.77. The minimum absolute atomic E-state index is 0.391. The van der Waals surface area contributed by atoms with Gasteiger partial charge in [0.1, 0.15) is 21.6 Å². The van der Waals surface area contributed by atoms with Crippen LogP contribution in [0.1, 0.15) is 13.8 Å². The van der Waals surface area contributed by atoms with Crippen molar-refractivity contribution in [3.63, 3.8) is 0 Å². The largest absolute Gasteiger partial charge is 0.379 e. The summed E-state index contributed by atoms with van der Waals surface area (Å²) in [7, 11) is 7.95. The summed E-state index contributed by atoms with van der Waals surface area (Å²) < 4.78 is 5.61. The van der Waals surface area contributed by atoms with Crippen LogP contribution in [0.25, 0.3) is 0 Å². The van der Waals surface area contributed by atoms with Crippen LogP contribution in [0.4, 0.5) is 0 Å². The minimum atomic E-state index is 0.391. The molecule has 0 aliphatic heterocycles. The van der Waals surface area contributed by atoms with Crippen molar-refractivity contribution in [1.82, 2.24) is 0 Å². The molecule has 0 saturated carbocycles. The van der Waals surface area contributed by atoms with Crippen molar-refractivity contribution in [1.29, 1.82) is 0 Å². The minimum Gasteiger partial charge on any atom is -0.379 e. The van der Waals surface area contributed by atoms with Gasteiger partial charge in [-0.1, -0.05) is 41.8 Å². The molecule has 0 heterocycles. The Balaban J connectivity index is 3.23. The highest BCUT2D eigenvalue weighted by Crippen LogP contribution is 2.37. The Kier molecular flexibility index (Phi) is 6.78. The molecule has 0 aromatic rings. The molecule has 11 heavy (non-hydrogen) atoms. The molecule has 0 aliphatic rings. The second-order valence-corrected chi connectivity index (χ2v) is 5.88. The van der Waals surface area contributed by atoms with E-state index in [-0.39, 0.29) is 0 Å². The van der Waals surface area contributed by atoms with Gasteiger partial charge < -0.3 is 4.74 Å². The predicted octanol–water partition coefficient (Wildman–Crippen LogP) is 0.762. The molecule has 0 bridgehead atoms. The monoisotopic (exact) mass is 190 g/mol. The van der Waals surface area contributed by atoms with Crippen molar-refractivity contribution in [2.45, 2.75) is 24.9 Å². The zero-order valence-corrected chi connectivity index (χ0v) is 9.48. The Morgan fingerprint density at radius 3 is 2.45 bits per heavy atom. The molecule has 0 aliphatic carbocycles. The van der Waals surface area contributed by atoms with Gasteiger partial charge in [-0.15, -0.1) is 0 Å². The first-order valence-corrected chi connectivity index (χ1v) is 6.32. The van der Waals surface area contributed by atoms with Crippen molar-refractivity contribution in [2.75, 3.05) is 12.4 Å². The van der Waals surface area contributed by atoms with Crippen LogP contribution in [0.5, 0.6) is 0 Å². The van der Waals surface area contributed by atoms with Crippen LogP contribution in [0.2, 0.25) is 6.32 Å². The summed E-state index contributed by atoms with van der Waals surface area (Å²) in [4.78, 5) is 0. The zero-order chi connectivity index (χ0) is 8.74. The van der Waals surface area contributed by atoms with E-state index < -0.39 is 0 Å². The molecule has 64 valence electrons. The van der Waals surface area contributed by atoms with E-state index in [9.17, 15) is 0 Å². The van der Waals surface area contributed by atoms with Crippen molar-refractivity contribution < 1.29 is 4.74 Å². The Morgan fingerprint density at radius 1 is 1.36 bits per heavy atom. The highest BCUT2D eigenvalue weighted by Gasteiger charge is 2.15. The van der Waals surface area contributed by atoms with Crippen LogP contribution >= 0.6 is 21.6 Å². The first-order valence-electron chi connectivity index (χ1n) is 4.00. The van der Waals surface area contributed by atoms with Crippen molar-refractivity contribution in [3.05, 3.63) is 0 Å². The molecule has 0 amide bonds. The summed E-state index contributed by atoms with van der Waals surface area (Å²) in [5.41, 5.74) is 0. The van der Waals surface area contributed by atoms with Gasteiger partial charge in [-0.3, -0.25) is 0 Å². The van der Waals surface area contributed by atoms with E-state index in [2.05, 4.69) is 21.7 Å². The molecule has 0 aromatic heterocycles. The molecule has 0 radical (unpaired) electrons. The van der Waals surface area contributed by atoms with Crippen LogP contribution < -0.4 is 0 Å². The number of hydrogen-bond acceptors (Lipinski definition) is 3. The number of ether oxygens (including phenoxy) is 1. The molecule has 0 spiro atoms. The van der Waals surface area contributed by atoms with Gasteiger partial charge >= 0.3 is 0 Å². The van der Waals surface area contributed by atoms with Gasteiger partial charge in [0.05, 0.1) is 0 Å². The van der Waals surface area contributed by atoms with Gasteiger partial charge in [0.2, 0.25) is 0 Å². The second kappa shape index (κ2) is 6.32. The standard InChI is InChI=1S/C6H16B2OS2/c1-6(2,3-7)11-10-5-9-4-8/h3-5,7-8H2,1-2H3. The van der Waals surface area contributed by atoms with Gasteiger partial charge in [-0.05, 0) is 0 Å². The molecule has 0 saturated heterocycles. The first-order chi connectivity index (χ1) is 5.12. The zero-order valence-electron chi connectivity index (χ0n) is 7.85. The molecule has 0 atom stereocenters. The Labute approximate surface area is 79.6 Å². The fourth-order valence-corrected chi connectivity index (χ4v) is 2.74. The maximum atomic E-state index is 5.22. The summed E-state index contributed by atoms with van der Waals surface area (Å²) in [5, 5.41) is 0. The summed E-state index contributed by atoms with van der Waals surface area (Å²) in [6, 6.07) is 0. The van der Waals surface area contributed by atoms with Crippen LogP contribution in [-0.2, 0) is 4.74 Å². The normalized spacial score (nSPS) is 11.8. The summed E-state index contributed by atoms with van der Waals surface area (Å²) in [6.45, 7) is 5.34. The van der Waals surface area contributed by atoms with E-state index in [0.717, 1.165) is 12.4 Å². The van der Waals surface area contributed by atoms with E-state index in [0.29, 0.717) is 4.75 Å². The summed E-state index contributed by atoms with van der Waals surface area (Å²) >= 11 is 0. The topological polar surface area (TPSA) is 9.23 Å². The second-order valence-electron chi connectivity index (χ2n) is 2.93. The van der Waals surface area contributed by atoms with E-state index in [4.69, 9.17) is 4.74 Å². The molecule has 5 heteroatoms. The molecule has 0 fully saturated rings. The van der Waals surface area contributed by atoms with E-state index >= 15 is 0 Å². The third kappa shape index (κ3) is 7.16. The van der Waals surface area contributed by atoms with Gasteiger partial charge in [0, 0.05) is 11.3 Å². The van der Waals surface area contributed by atoms with Crippen LogP contribution in [0, 0.1) is 0 Å². The highest BCUT2D eigenvalue weighted by atomic mass is 33.1. The van der Waals surface area contributed by atoms with Gasteiger partial charge in [-0.25, -0.2) is 0 Å². The smallest absolute Gasteiger partial charge is 0.135 e. The Bertz CT molecular complexity index is 101. The summed E-state index contributed by atoms with van der Waals surface area (Å²) in [6.07, 6.45) is 1.21. The van der Waals surface area contributed by atoms with Crippen LogP contribution in [-0.4, -0.2) is 32.9 Å². The van der Waals surface area contributed by atoms with Crippen molar-refractivity contribution in [2.24, 2.45) is 0 Å². The lowest BCUT2D eigenvalue weighted by molar-refractivity contribution is 0.237. The van der Waals surface area contributed by atoms with Crippen LogP contribution in [0.3, 0.4) is 0 Å². The van der Waals surface area contributed by atoms with Gasteiger partial charge in [-0.2, -0.15) is 0 Å². The fraction of sp³-hybridized carbons (Fsp3) is 1.00. The molecular formula is C6H16B2OS2. The van der Waals surface area contributed by atoms with E-state index in [1.165, 1.54) is 6.32 Å². The van der Waals surface area contributed by atoms with Crippen molar-refractivity contribution >= 4 is 37.3 Å². The molecule has 0 aromatic carbocycles. The fourth-order valence-electron chi connectivity index (χ4n) is 0.360. The lowest BCUT2D eigenvalue weighted by Crippen LogP contribution is -2.11. The van der Waals surface area contributed by atoms with E-state index in [1.54, 1.807) is 10.8 Å². The molecule has 0 N–H and O–H groups in total. The maximum Gasteiger partial charge on any atom is 0.135 e. The first kappa shape index (κ1) is 11.8. The quantitative estimate of drug-likeness (QED) is 0.265. The predicted molar refractivity (Wildman–Crippen MR) is 62.0 cm³/mol. The summed E-state index contributed by atoms with van der Waals surface area (Å²) in [5.74, 6) is 0.810. The Hall–Kier alpha value is 0.790. The molecule has 0 rings (SSSR count). The van der Waals surface area contributed by atoms with Gasteiger partial charge in [0.25, 0.3) is 0 Å². The third-order valence-electron chi connectivity index (χ3n) is 1.47. The van der Waals surface area contributed by atoms with Gasteiger partial charge in [0.15, 0.2) is 0 Å².